The van der Waals surface area contributed by atoms with Gasteiger partial charge in [-0.15, -0.1) is 0 Å². The zero-order valence-corrected chi connectivity index (χ0v) is 17.1. The van der Waals surface area contributed by atoms with Crippen molar-refractivity contribution in [3.63, 3.8) is 0 Å². The van der Waals surface area contributed by atoms with Gasteiger partial charge in [0.15, 0.2) is 0 Å². The van der Waals surface area contributed by atoms with Crippen LogP contribution in [0.25, 0.3) is 0 Å². The summed E-state index contributed by atoms with van der Waals surface area (Å²) < 4.78 is 5.22. The zero-order valence-electron chi connectivity index (χ0n) is 17.1. The molecule has 0 atom stereocenters. The summed E-state index contributed by atoms with van der Waals surface area (Å²) in [5.41, 5.74) is 2.63. The van der Waals surface area contributed by atoms with E-state index in [0.29, 0.717) is 11.3 Å². The summed E-state index contributed by atoms with van der Waals surface area (Å²) in [7, 11) is 1.69. The van der Waals surface area contributed by atoms with Crippen LogP contribution in [-0.2, 0) is 6.54 Å². The van der Waals surface area contributed by atoms with Crippen molar-refractivity contribution in [2.75, 3.05) is 43.5 Å². The second-order valence-corrected chi connectivity index (χ2v) is 7.34. The number of carbonyl (C=O) groups is 1. The Hall–Kier alpha value is -3.38. The molecule has 1 aromatic heterocycles. The maximum atomic E-state index is 12.3. The number of rotatable bonds is 6. The summed E-state index contributed by atoms with van der Waals surface area (Å²) >= 11 is 0. The number of ether oxygens (including phenoxy) is 1. The number of carbonyl (C=O) groups excluding carboxylic acids is 1. The molecule has 0 bridgehead atoms. The van der Waals surface area contributed by atoms with E-state index in [0.717, 1.165) is 44.3 Å². The first-order valence-corrected chi connectivity index (χ1v) is 10.1. The largest absolute Gasteiger partial charge is 0.497 e. The molecule has 1 saturated heterocycles. The fraction of sp³-hybridized carbons (Fsp3) is 0.250. The van der Waals surface area contributed by atoms with Gasteiger partial charge in [0.1, 0.15) is 11.6 Å². The van der Waals surface area contributed by atoms with Crippen molar-refractivity contribution >= 4 is 17.4 Å². The zero-order chi connectivity index (χ0) is 20.8. The summed E-state index contributed by atoms with van der Waals surface area (Å²) in [6.45, 7) is 4.77. The molecule has 3 aromatic rings. The Kier molecular flexibility index (Phi) is 6.25. The van der Waals surface area contributed by atoms with E-state index in [1.807, 2.05) is 42.5 Å². The molecule has 154 valence electrons. The highest BCUT2D eigenvalue weighted by Crippen LogP contribution is 2.18. The standard InChI is InChI=1S/C24H26N4O2/c1-30-22-10-7-19(8-11-22)18-27-13-15-28(16-14-27)23-12-9-21(17-25-23)26-24(29)20-5-3-2-4-6-20/h2-12,17H,13-16,18H2,1H3,(H,26,29). The predicted molar refractivity (Wildman–Crippen MR) is 119 cm³/mol. The summed E-state index contributed by atoms with van der Waals surface area (Å²) in [5.74, 6) is 1.70. The summed E-state index contributed by atoms with van der Waals surface area (Å²) in [6, 6.07) is 21.3. The van der Waals surface area contributed by atoms with E-state index in [1.54, 1.807) is 25.4 Å². The van der Waals surface area contributed by atoms with E-state index in [-0.39, 0.29) is 5.91 Å². The molecule has 0 radical (unpaired) electrons. The van der Waals surface area contributed by atoms with Gasteiger partial charge in [0.05, 0.1) is 19.0 Å². The fourth-order valence-corrected chi connectivity index (χ4v) is 3.56. The third-order valence-electron chi connectivity index (χ3n) is 5.30. The maximum Gasteiger partial charge on any atom is 0.255 e. The molecular formula is C24H26N4O2. The molecule has 1 aliphatic rings. The monoisotopic (exact) mass is 402 g/mol. The van der Waals surface area contributed by atoms with E-state index in [1.165, 1.54) is 5.56 Å². The second kappa shape index (κ2) is 9.41. The van der Waals surface area contributed by atoms with Crippen molar-refractivity contribution in [3.05, 3.63) is 84.1 Å². The number of nitrogens with zero attached hydrogens (tertiary/aromatic N) is 3. The number of aromatic nitrogens is 1. The Morgan fingerprint density at radius 2 is 1.70 bits per heavy atom. The topological polar surface area (TPSA) is 57.7 Å². The van der Waals surface area contributed by atoms with Crippen LogP contribution < -0.4 is 15.0 Å². The number of amides is 1. The first kappa shape index (κ1) is 19.9. The van der Waals surface area contributed by atoms with Crippen LogP contribution in [0.3, 0.4) is 0 Å². The summed E-state index contributed by atoms with van der Waals surface area (Å²) in [5, 5.41) is 2.89. The Morgan fingerprint density at radius 1 is 0.967 bits per heavy atom. The van der Waals surface area contributed by atoms with E-state index >= 15 is 0 Å². The van der Waals surface area contributed by atoms with Gasteiger partial charge in [-0.25, -0.2) is 4.98 Å². The van der Waals surface area contributed by atoms with Gasteiger partial charge in [0.2, 0.25) is 0 Å². The van der Waals surface area contributed by atoms with Crippen molar-refractivity contribution in [1.29, 1.82) is 0 Å². The number of anilines is 2. The average Bonchev–Trinajstić information content (AvgIpc) is 2.81. The van der Waals surface area contributed by atoms with E-state index in [9.17, 15) is 4.79 Å². The van der Waals surface area contributed by atoms with E-state index < -0.39 is 0 Å². The lowest BCUT2D eigenvalue weighted by molar-refractivity contribution is 0.102. The lowest BCUT2D eigenvalue weighted by Crippen LogP contribution is -2.46. The molecule has 30 heavy (non-hydrogen) atoms. The van der Waals surface area contributed by atoms with Crippen LogP contribution in [0.2, 0.25) is 0 Å². The van der Waals surface area contributed by atoms with Crippen LogP contribution in [0.15, 0.2) is 72.9 Å². The minimum absolute atomic E-state index is 0.128. The molecule has 0 spiro atoms. The molecule has 6 nitrogen and oxygen atoms in total. The summed E-state index contributed by atoms with van der Waals surface area (Å²) in [6.07, 6.45) is 1.72. The number of nitrogens with one attached hydrogen (secondary N) is 1. The van der Waals surface area contributed by atoms with Crippen molar-refractivity contribution in [3.8, 4) is 5.75 Å². The first-order valence-electron chi connectivity index (χ1n) is 10.1. The number of piperazine rings is 1. The molecule has 1 aliphatic heterocycles. The summed E-state index contributed by atoms with van der Waals surface area (Å²) in [4.78, 5) is 21.6. The fourth-order valence-electron chi connectivity index (χ4n) is 3.56. The highest BCUT2D eigenvalue weighted by atomic mass is 16.5. The van der Waals surface area contributed by atoms with Gasteiger partial charge in [-0.2, -0.15) is 0 Å². The molecule has 0 unspecified atom stereocenters. The normalized spacial score (nSPS) is 14.4. The third kappa shape index (κ3) is 4.96. The lowest BCUT2D eigenvalue weighted by Gasteiger charge is -2.35. The van der Waals surface area contributed by atoms with E-state index in [2.05, 4.69) is 32.2 Å². The Labute approximate surface area is 177 Å². The van der Waals surface area contributed by atoms with E-state index in [4.69, 9.17) is 4.74 Å². The highest BCUT2D eigenvalue weighted by molar-refractivity contribution is 6.04. The number of pyridine rings is 1. The quantitative estimate of drug-likeness (QED) is 0.682. The molecule has 0 aliphatic carbocycles. The van der Waals surface area contributed by atoms with Gasteiger partial charge >= 0.3 is 0 Å². The number of hydrogen-bond donors (Lipinski definition) is 1. The number of benzene rings is 2. The number of methoxy groups -OCH3 is 1. The van der Waals surface area contributed by atoms with Gasteiger partial charge in [-0.1, -0.05) is 30.3 Å². The molecule has 2 heterocycles. The minimum atomic E-state index is -0.128. The smallest absolute Gasteiger partial charge is 0.255 e. The minimum Gasteiger partial charge on any atom is -0.497 e. The SMILES string of the molecule is COc1ccc(CN2CCN(c3ccc(NC(=O)c4ccccc4)cn3)CC2)cc1. The lowest BCUT2D eigenvalue weighted by atomic mass is 10.2. The van der Waals surface area contributed by atoms with Crippen LogP contribution >= 0.6 is 0 Å². The van der Waals surface area contributed by atoms with Gasteiger partial charge < -0.3 is 15.0 Å². The van der Waals surface area contributed by atoms with Crippen molar-refractivity contribution < 1.29 is 9.53 Å². The Bertz CT molecular complexity index is 951. The van der Waals surface area contributed by atoms with Gasteiger partial charge in [-0.05, 0) is 42.0 Å². The molecule has 2 aromatic carbocycles. The number of hydrogen-bond acceptors (Lipinski definition) is 5. The second-order valence-electron chi connectivity index (χ2n) is 7.34. The molecule has 1 amide bonds. The van der Waals surface area contributed by atoms with Crippen LogP contribution in [0.5, 0.6) is 5.75 Å². The van der Waals surface area contributed by atoms with Crippen LogP contribution in [0, 0.1) is 0 Å². The molecule has 0 saturated carbocycles. The van der Waals surface area contributed by atoms with Crippen molar-refractivity contribution in [1.82, 2.24) is 9.88 Å². The van der Waals surface area contributed by atoms with Gasteiger partial charge in [0, 0.05) is 38.3 Å². The van der Waals surface area contributed by atoms with Gasteiger partial charge in [-0.3, -0.25) is 9.69 Å². The molecular weight excluding hydrogens is 376 g/mol. The Morgan fingerprint density at radius 3 is 2.33 bits per heavy atom. The van der Waals surface area contributed by atoms with Crippen LogP contribution in [0.1, 0.15) is 15.9 Å². The Balaban J connectivity index is 1.28. The highest BCUT2D eigenvalue weighted by Gasteiger charge is 2.18. The predicted octanol–water partition coefficient (Wildman–Crippen LogP) is 3.66. The van der Waals surface area contributed by atoms with Gasteiger partial charge in [0.25, 0.3) is 5.91 Å². The average molecular weight is 402 g/mol. The third-order valence-corrected chi connectivity index (χ3v) is 5.30. The van der Waals surface area contributed by atoms with Crippen molar-refractivity contribution in [2.24, 2.45) is 0 Å². The first-order chi connectivity index (χ1) is 14.7. The van der Waals surface area contributed by atoms with Crippen molar-refractivity contribution in [2.45, 2.75) is 6.54 Å². The maximum absolute atomic E-state index is 12.3. The molecule has 6 heteroatoms. The molecule has 1 fully saturated rings. The van der Waals surface area contributed by atoms with Crippen LogP contribution in [-0.4, -0.2) is 49.1 Å². The van der Waals surface area contributed by atoms with Crippen LogP contribution in [0.4, 0.5) is 11.5 Å². The molecule has 1 N–H and O–H groups in total. The molecule has 4 rings (SSSR count).